The number of aromatic hydroxyl groups is 1. The summed E-state index contributed by atoms with van der Waals surface area (Å²) in [5.41, 5.74) is 3.55. The Morgan fingerprint density at radius 3 is 2.33 bits per heavy atom. The molecule has 3 aromatic rings. The van der Waals surface area contributed by atoms with Crippen molar-refractivity contribution in [2.45, 2.75) is 0 Å². The number of phenols is 1. The van der Waals surface area contributed by atoms with E-state index in [2.05, 4.69) is 42.4 Å². The summed E-state index contributed by atoms with van der Waals surface area (Å²) in [6, 6.07) is 19.5. The second-order valence-corrected chi connectivity index (χ2v) is 7.15. The Balaban J connectivity index is 1.73. The van der Waals surface area contributed by atoms with Gasteiger partial charge in [0.2, 0.25) is 0 Å². The highest BCUT2D eigenvalue weighted by atomic mass is 79.9. The highest BCUT2D eigenvalue weighted by Crippen LogP contribution is 2.32. The highest BCUT2D eigenvalue weighted by Gasteiger charge is 2.12. The van der Waals surface area contributed by atoms with Gasteiger partial charge in [0.05, 0.1) is 20.7 Å². The molecule has 0 saturated carbocycles. The van der Waals surface area contributed by atoms with E-state index in [0.29, 0.717) is 31.6 Å². The van der Waals surface area contributed by atoms with E-state index in [0.717, 1.165) is 0 Å². The van der Waals surface area contributed by atoms with Crippen LogP contribution in [-0.2, 0) is 0 Å². The average Bonchev–Trinajstić information content (AvgIpc) is 2.67. The summed E-state index contributed by atoms with van der Waals surface area (Å²) in [5, 5.41) is 13.7. The molecule has 1 amide bonds. The summed E-state index contributed by atoms with van der Waals surface area (Å²) in [5.74, 6) is 0.782. The number of nitrogens with one attached hydrogen (secondary N) is 1. The minimum Gasteiger partial charge on any atom is -0.506 e. The lowest BCUT2D eigenvalue weighted by Gasteiger charge is -2.09. The lowest BCUT2D eigenvalue weighted by atomic mass is 10.2. The Hall–Kier alpha value is -2.64. The third-order valence-electron chi connectivity index (χ3n) is 3.52. The SMILES string of the molecule is O=C(NN=Cc1cc(Br)c(O)c(Br)c1)c1ccccc1Oc1ccccc1. The Morgan fingerprint density at radius 2 is 1.63 bits per heavy atom. The Labute approximate surface area is 172 Å². The summed E-state index contributed by atoms with van der Waals surface area (Å²) in [6.45, 7) is 0. The van der Waals surface area contributed by atoms with E-state index in [4.69, 9.17) is 4.74 Å². The molecule has 136 valence electrons. The number of phenolic OH excluding ortho intramolecular Hbond substituents is 1. The van der Waals surface area contributed by atoms with Crippen LogP contribution in [0.25, 0.3) is 0 Å². The molecule has 3 rings (SSSR count). The molecule has 0 aliphatic rings. The van der Waals surface area contributed by atoms with Gasteiger partial charge in [-0.05, 0) is 73.8 Å². The molecule has 0 fully saturated rings. The van der Waals surface area contributed by atoms with Crippen LogP contribution < -0.4 is 10.2 Å². The first-order valence-electron chi connectivity index (χ1n) is 7.88. The summed E-state index contributed by atoms with van der Waals surface area (Å²) in [6.07, 6.45) is 1.48. The molecule has 2 N–H and O–H groups in total. The van der Waals surface area contributed by atoms with Gasteiger partial charge in [0, 0.05) is 0 Å². The summed E-state index contributed by atoms with van der Waals surface area (Å²) in [4.78, 5) is 12.5. The Morgan fingerprint density at radius 1 is 1.00 bits per heavy atom. The first-order valence-corrected chi connectivity index (χ1v) is 9.46. The third kappa shape index (κ3) is 4.96. The van der Waals surface area contributed by atoms with Crippen molar-refractivity contribution in [1.29, 1.82) is 0 Å². The lowest BCUT2D eigenvalue weighted by Crippen LogP contribution is -2.18. The van der Waals surface area contributed by atoms with Gasteiger partial charge in [0.25, 0.3) is 5.91 Å². The van der Waals surface area contributed by atoms with Crippen molar-refractivity contribution in [2.75, 3.05) is 0 Å². The minimum absolute atomic E-state index is 0.100. The highest BCUT2D eigenvalue weighted by molar-refractivity contribution is 9.11. The van der Waals surface area contributed by atoms with Crippen LogP contribution in [0.1, 0.15) is 15.9 Å². The quantitative estimate of drug-likeness (QED) is 0.368. The van der Waals surface area contributed by atoms with Gasteiger partial charge in [-0.1, -0.05) is 30.3 Å². The van der Waals surface area contributed by atoms with Gasteiger partial charge in [-0.25, -0.2) is 5.43 Å². The zero-order valence-electron chi connectivity index (χ0n) is 13.9. The topological polar surface area (TPSA) is 70.9 Å². The second-order valence-electron chi connectivity index (χ2n) is 5.44. The van der Waals surface area contributed by atoms with Gasteiger partial charge in [0.1, 0.15) is 17.2 Å². The number of carbonyl (C=O) groups excluding carboxylic acids is 1. The van der Waals surface area contributed by atoms with Crippen molar-refractivity contribution >= 4 is 44.0 Å². The first-order chi connectivity index (χ1) is 13.0. The molecular weight excluding hydrogens is 476 g/mol. The van der Waals surface area contributed by atoms with E-state index >= 15 is 0 Å². The molecule has 0 aromatic heterocycles. The molecule has 27 heavy (non-hydrogen) atoms. The summed E-state index contributed by atoms with van der Waals surface area (Å²) >= 11 is 6.50. The van der Waals surface area contributed by atoms with Crippen LogP contribution >= 0.6 is 31.9 Å². The molecule has 5 nitrogen and oxygen atoms in total. The Bertz CT molecular complexity index is 969. The molecule has 7 heteroatoms. The van der Waals surface area contributed by atoms with Crippen LogP contribution in [0.15, 0.2) is 80.8 Å². The normalized spacial score (nSPS) is 10.7. The number of hydrogen-bond acceptors (Lipinski definition) is 4. The van der Waals surface area contributed by atoms with Gasteiger partial charge >= 0.3 is 0 Å². The van der Waals surface area contributed by atoms with Crippen LogP contribution in [0.2, 0.25) is 0 Å². The molecule has 0 aliphatic heterocycles. The maximum atomic E-state index is 12.5. The zero-order valence-corrected chi connectivity index (χ0v) is 17.1. The van der Waals surface area contributed by atoms with Crippen LogP contribution in [0.4, 0.5) is 0 Å². The number of ether oxygens (including phenoxy) is 1. The van der Waals surface area contributed by atoms with Gasteiger partial charge in [-0.3, -0.25) is 4.79 Å². The standard InChI is InChI=1S/C20H14Br2N2O3/c21-16-10-13(11-17(22)19(16)25)12-23-24-20(26)15-8-4-5-9-18(15)27-14-6-2-1-3-7-14/h1-12,25H,(H,24,26). The smallest absolute Gasteiger partial charge is 0.275 e. The fraction of sp³-hybridized carbons (Fsp3) is 0. The van der Waals surface area contributed by atoms with Crippen LogP contribution in [0.3, 0.4) is 0 Å². The maximum absolute atomic E-state index is 12.5. The molecule has 0 atom stereocenters. The fourth-order valence-electron chi connectivity index (χ4n) is 2.24. The van der Waals surface area contributed by atoms with Gasteiger partial charge in [-0.2, -0.15) is 5.10 Å². The average molecular weight is 490 g/mol. The zero-order chi connectivity index (χ0) is 19.2. The molecule has 0 aliphatic carbocycles. The number of hydrazone groups is 1. The van der Waals surface area contributed by atoms with E-state index in [1.807, 2.05) is 30.3 Å². The van der Waals surface area contributed by atoms with Crippen molar-refractivity contribution in [1.82, 2.24) is 5.43 Å². The maximum Gasteiger partial charge on any atom is 0.275 e. The van der Waals surface area contributed by atoms with Crippen molar-refractivity contribution in [2.24, 2.45) is 5.10 Å². The summed E-state index contributed by atoms with van der Waals surface area (Å²) < 4.78 is 6.83. The van der Waals surface area contributed by atoms with Gasteiger partial charge in [-0.15, -0.1) is 0 Å². The van der Waals surface area contributed by atoms with Crippen LogP contribution in [0, 0.1) is 0 Å². The molecular formula is C20H14Br2N2O3. The Kier molecular flexibility index (Phi) is 6.26. The number of carbonyl (C=O) groups is 1. The number of rotatable bonds is 5. The molecule has 0 radical (unpaired) electrons. The monoisotopic (exact) mass is 488 g/mol. The van der Waals surface area contributed by atoms with Crippen molar-refractivity contribution in [3.8, 4) is 17.2 Å². The molecule has 0 heterocycles. The minimum atomic E-state index is -0.394. The molecule has 0 saturated heterocycles. The fourth-order valence-corrected chi connectivity index (χ4v) is 3.47. The number of benzene rings is 3. The summed E-state index contributed by atoms with van der Waals surface area (Å²) in [7, 11) is 0. The molecule has 0 unspecified atom stereocenters. The molecule has 0 bridgehead atoms. The number of halogens is 2. The van der Waals surface area contributed by atoms with E-state index in [9.17, 15) is 9.90 Å². The lowest BCUT2D eigenvalue weighted by molar-refractivity contribution is 0.0953. The van der Waals surface area contributed by atoms with Crippen molar-refractivity contribution < 1.29 is 14.6 Å². The third-order valence-corrected chi connectivity index (χ3v) is 4.73. The second kappa shape index (κ2) is 8.83. The molecule has 3 aromatic carbocycles. The first kappa shape index (κ1) is 19.1. The van der Waals surface area contributed by atoms with E-state index in [1.165, 1.54) is 6.21 Å². The van der Waals surface area contributed by atoms with Crippen LogP contribution in [-0.4, -0.2) is 17.2 Å². The van der Waals surface area contributed by atoms with Crippen LogP contribution in [0.5, 0.6) is 17.2 Å². The van der Waals surface area contributed by atoms with Crippen molar-refractivity contribution in [3.63, 3.8) is 0 Å². The van der Waals surface area contributed by atoms with E-state index in [1.54, 1.807) is 36.4 Å². The van der Waals surface area contributed by atoms with Gasteiger partial charge < -0.3 is 9.84 Å². The van der Waals surface area contributed by atoms with E-state index < -0.39 is 5.91 Å². The largest absolute Gasteiger partial charge is 0.506 e. The number of nitrogens with zero attached hydrogens (tertiary/aromatic N) is 1. The number of hydrogen-bond donors (Lipinski definition) is 2. The predicted molar refractivity (Wildman–Crippen MR) is 112 cm³/mol. The number of amides is 1. The van der Waals surface area contributed by atoms with Gasteiger partial charge in [0.15, 0.2) is 0 Å². The predicted octanol–water partition coefficient (Wildman–Crippen LogP) is 5.47. The number of para-hydroxylation sites is 2. The molecule has 0 spiro atoms. The van der Waals surface area contributed by atoms with Crippen molar-refractivity contribution in [3.05, 3.63) is 86.8 Å². The van der Waals surface area contributed by atoms with E-state index in [-0.39, 0.29) is 5.75 Å².